The molecule has 2 rings (SSSR count). The fourth-order valence-corrected chi connectivity index (χ4v) is 2.33. The number of halogens is 1. The first kappa shape index (κ1) is 10.5. The fraction of sp³-hybridized carbons (Fsp3) is 0.222. The van der Waals surface area contributed by atoms with Crippen molar-refractivity contribution in [3.05, 3.63) is 32.9 Å². The zero-order chi connectivity index (χ0) is 10.7. The van der Waals surface area contributed by atoms with Crippen LogP contribution in [0.15, 0.2) is 22.2 Å². The van der Waals surface area contributed by atoms with Gasteiger partial charge in [-0.15, -0.1) is 11.3 Å². The van der Waals surface area contributed by atoms with Gasteiger partial charge in [0.2, 0.25) is 0 Å². The first-order valence-electron chi connectivity index (χ1n) is 4.27. The summed E-state index contributed by atoms with van der Waals surface area (Å²) in [5, 5.41) is 0.909. The summed E-state index contributed by atoms with van der Waals surface area (Å²) in [4.78, 5) is 12.2. The zero-order valence-corrected chi connectivity index (χ0v) is 10.4. The van der Waals surface area contributed by atoms with Crippen LogP contribution in [0.2, 0.25) is 0 Å². The van der Waals surface area contributed by atoms with Gasteiger partial charge in [0.1, 0.15) is 11.6 Å². The van der Waals surface area contributed by atoms with Crippen LogP contribution in [0.5, 0.6) is 6.01 Å². The lowest BCUT2D eigenvalue weighted by molar-refractivity contribution is 0.280. The van der Waals surface area contributed by atoms with Crippen molar-refractivity contribution in [3.8, 4) is 6.01 Å². The Kier molecular flexibility index (Phi) is 3.27. The molecule has 0 saturated carbocycles. The Hall–Kier alpha value is -1.01. The molecule has 0 aliphatic heterocycles. The van der Waals surface area contributed by atoms with Gasteiger partial charge in [-0.05, 0) is 28.9 Å². The summed E-state index contributed by atoms with van der Waals surface area (Å²) in [6.45, 7) is 2.35. The topological polar surface area (TPSA) is 47.9 Å². The molecule has 0 fully saturated rings. The van der Waals surface area contributed by atoms with Crippen LogP contribution in [-0.4, -0.2) is 15.0 Å². The van der Waals surface area contributed by atoms with E-state index in [4.69, 9.17) is 4.74 Å². The molecule has 0 radical (unpaired) electrons. The second-order valence-electron chi connectivity index (χ2n) is 2.79. The third kappa shape index (κ3) is 2.73. The second kappa shape index (κ2) is 4.67. The van der Waals surface area contributed by atoms with E-state index in [0.717, 1.165) is 14.5 Å². The number of rotatable bonds is 3. The summed E-state index contributed by atoms with van der Waals surface area (Å²) in [5.74, 6) is 0. The van der Waals surface area contributed by atoms with Crippen molar-refractivity contribution in [2.75, 3.05) is 0 Å². The number of hydrogen-bond donors (Lipinski definition) is 0. The Morgan fingerprint density at radius 2 is 2.13 bits per heavy atom. The van der Waals surface area contributed by atoms with Crippen molar-refractivity contribution >= 4 is 27.3 Å². The van der Waals surface area contributed by atoms with Gasteiger partial charge in [0.25, 0.3) is 0 Å². The normalized spacial score (nSPS) is 10.3. The Balaban J connectivity index is 1.99. The van der Waals surface area contributed by atoms with E-state index in [2.05, 4.69) is 30.9 Å². The monoisotopic (exact) mass is 285 g/mol. The molecule has 78 valence electrons. The van der Waals surface area contributed by atoms with Crippen LogP contribution in [0.4, 0.5) is 0 Å². The molecular formula is C9H8BrN3OS. The lowest BCUT2D eigenvalue weighted by Crippen LogP contribution is -1.98. The van der Waals surface area contributed by atoms with Crippen LogP contribution < -0.4 is 4.74 Å². The Bertz CT molecular complexity index is 426. The highest BCUT2D eigenvalue weighted by Crippen LogP contribution is 2.24. The zero-order valence-electron chi connectivity index (χ0n) is 7.98. The molecule has 0 unspecified atom stereocenters. The quantitative estimate of drug-likeness (QED) is 0.870. The van der Waals surface area contributed by atoms with Crippen molar-refractivity contribution in [1.29, 1.82) is 0 Å². The first-order valence-corrected chi connectivity index (χ1v) is 5.88. The minimum absolute atomic E-state index is 0.376. The number of aromatic nitrogens is 3. The molecule has 2 heterocycles. The molecule has 2 aromatic rings. The van der Waals surface area contributed by atoms with E-state index < -0.39 is 0 Å². The van der Waals surface area contributed by atoms with Gasteiger partial charge in [0.15, 0.2) is 0 Å². The maximum absolute atomic E-state index is 5.37. The average Bonchev–Trinajstić information content (AvgIpc) is 2.57. The fourth-order valence-electron chi connectivity index (χ4n) is 0.979. The lowest BCUT2D eigenvalue weighted by atomic mass is 10.6. The number of ether oxygens (including phenoxy) is 1. The summed E-state index contributed by atoms with van der Waals surface area (Å²) in [7, 11) is 0. The number of nitrogens with zero attached hydrogens (tertiary/aromatic N) is 3. The molecule has 0 atom stereocenters. The number of aryl methyl sites for hydroxylation is 1. The summed E-state index contributed by atoms with van der Waals surface area (Å²) in [5.41, 5.74) is 0.979. The number of thiazole rings is 1. The van der Waals surface area contributed by atoms with E-state index in [9.17, 15) is 0 Å². The molecule has 15 heavy (non-hydrogen) atoms. The highest BCUT2D eigenvalue weighted by atomic mass is 79.9. The third-order valence-corrected chi connectivity index (χ3v) is 3.63. The molecule has 0 aromatic carbocycles. The SMILES string of the molecule is Cc1nc(COc2ncccn2)sc1Br. The molecular weight excluding hydrogens is 278 g/mol. The van der Waals surface area contributed by atoms with E-state index in [1.165, 1.54) is 0 Å². The van der Waals surface area contributed by atoms with E-state index in [-0.39, 0.29) is 0 Å². The lowest BCUT2D eigenvalue weighted by Gasteiger charge is -1.99. The molecule has 0 saturated heterocycles. The summed E-state index contributed by atoms with van der Waals surface area (Å²) < 4.78 is 6.40. The van der Waals surface area contributed by atoms with E-state index >= 15 is 0 Å². The highest BCUT2D eigenvalue weighted by molar-refractivity contribution is 9.11. The van der Waals surface area contributed by atoms with Crippen molar-refractivity contribution in [2.45, 2.75) is 13.5 Å². The van der Waals surface area contributed by atoms with Crippen molar-refractivity contribution in [2.24, 2.45) is 0 Å². The summed E-state index contributed by atoms with van der Waals surface area (Å²) in [6, 6.07) is 2.12. The molecule has 0 amide bonds. The van der Waals surface area contributed by atoms with E-state index in [1.54, 1.807) is 29.8 Å². The van der Waals surface area contributed by atoms with Crippen molar-refractivity contribution < 1.29 is 4.74 Å². The van der Waals surface area contributed by atoms with Crippen LogP contribution in [0.25, 0.3) is 0 Å². The third-order valence-electron chi connectivity index (χ3n) is 1.65. The second-order valence-corrected chi connectivity index (χ2v) is 5.19. The smallest absolute Gasteiger partial charge is 0.316 e. The summed E-state index contributed by atoms with van der Waals surface area (Å²) in [6.07, 6.45) is 3.29. The van der Waals surface area contributed by atoms with E-state index in [1.807, 2.05) is 6.92 Å². The Morgan fingerprint density at radius 1 is 1.40 bits per heavy atom. The van der Waals surface area contributed by atoms with Gasteiger partial charge in [-0.1, -0.05) is 0 Å². The van der Waals surface area contributed by atoms with Crippen LogP contribution in [-0.2, 0) is 6.61 Å². The minimum Gasteiger partial charge on any atom is -0.456 e. The van der Waals surface area contributed by atoms with Crippen LogP contribution >= 0.6 is 27.3 Å². The van der Waals surface area contributed by atoms with Gasteiger partial charge in [-0.3, -0.25) is 0 Å². The van der Waals surface area contributed by atoms with Gasteiger partial charge in [-0.2, -0.15) is 0 Å². The van der Waals surface area contributed by atoms with E-state index in [0.29, 0.717) is 12.6 Å². The van der Waals surface area contributed by atoms with Gasteiger partial charge >= 0.3 is 6.01 Å². The maximum Gasteiger partial charge on any atom is 0.316 e. The molecule has 6 heteroatoms. The molecule has 2 aromatic heterocycles. The largest absolute Gasteiger partial charge is 0.456 e. The molecule has 0 N–H and O–H groups in total. The van der Waals surface area contributed by atoms with Gasteiger partial charge in [-0.25, -0.2) is 15.0 Å². The Labute approximate surface area is 99.5 Å². The van der Waals surface area contributed by atoms with Crippen LogP contribution in [0.1, 0.15) is 10.7 Å². The summed E-state index contributed by atoms with van der Waals surface area (Å²) >= 11 is 4.97. The van der Waals surface area contributed by atoms with Crippen molar-refractivity contribution in [3.63, 3.8) is 0 Å². The minimum atomic E-state index is 0.376. The predicted octanol–water partition coefficient (Wildman–Crippen LogP) is 2.58. The van der Waals surface area contributed by atoms with Gasteiger partial charge in [0.05, 0.1) is 9.48 Å². The van der Waals surface area contributed by atoms with Crippen LogP contribution in [0.3, 0.4) is 0 Å². The van der Waals surface area contributed by atoms with Gasteiger partial charge < -0.3 is 4.74 Å². The standard InChI is InChI=1S/C9H8BrN3OS/c1-6-8(10)15-7(13-6)5-14-9-11-3-2-4-12-9/h2-4H,5H2,1H3. The maximum atomic E-state index is 5.37. The van der Waals surface area contributed by atoms with Crippen molar-refractivity contribution in [1.82, 2.24) is 15.0 Å². The van der Waals surface area contributed by atoms with Gasteiger partial charge in [0, 0.05) is 12.4 Å². The predicted molar refractivity (Wildman–Crippen MR) is 60.9 cm³/mol. The first-order chi connectivity index (χ1) is 7.25. The molecule has 0 spiro atoms. The Morgan fingerprint density at radius 3 is 2.73 bits per heavy atom. The number of hydrogen-bond acceptors (Lipinski definition) is 5. The van der Waals surface area contributed by atoms with Crippen LogP contribution in [0, 0.1) is 6.92 Å². The molecule has 0 aliphatic rings. The molecule has 0 aliphatic carbocycles. The molecule has 4 nitrogen and oxygen atoms in total. The highest BCUT2D eigenvalue weighted by Gasteiger charge is 2.05. The molecule has 0 bridgehead atoms. The average molecular weight is 286 g/mol.